The van der Waals surface area contributed by atoms with E-state index in [2.05, 4.69) is 4.98 Å². The maximum absolute atomic E-state index is 13.1. The molecular formula is C22H21N3O2S. The van der Waals surface area contributed by atoms with Crippen molar-refractivity contribution in [1.82, 2.24) is 14.1 Å². The summed E-state index contributed by atoms with van der Waals surface area (Å²) in [4.78, 5) is 32.1. The lowest BCUT2D eigenvalue weighted by Gasteiger charge is -2.06. The second kappa shape index (κ2) is 6.87. The summed E-state index contributed by atoms with van der Waals surface area (Å²) >= 11 is 1.51. The Balaban J connectivity index is 1.76. The summed E-state index contributed by atoms with van der Waals surface area (Å²) in [6.45, 7) is 5.81. The number of aromatic nitrogens is 3. The number of nitrogens with zero attached hydrogens (tertiary/aromatic N) is 3. The lowest BCUT2D eigenvalue weighted by atomic mass is 10.1. The van der Waals surface area contributed by atoms with Crippen LogP contribution in [0.2, 0.25) is 0 Å². The van der Waals surface area contributed by atoms with Crippen molar-refractivity contribution in [2.24, 2.45) is 7.05 Å². The second-order valence-corrected chi connectivity index (χ2v) is 8.05. The summed E-state index contributed by atoms with van der Waals surface area (Å²) in [5.74, 6) is -0.0828. The zero-order valence-electron chi connectivity index (χ0n) is 16.3. The predicted molar refractivity (Wildman–Crippen MR) is 113 cm³/mol. The van der Waals surface area contributed by atoms with Crippen molar-refractivity contribution in [1.29, 1.82) is 0 Å². The first kappa shape index (κ1) is 18.4. The molecule has 0 bridgehead atoms. The molecule has 3 heterocycles. The van der Waals surface area contributed by atoms with Crippen LogP contribution in [0.4, 0.5) is 0 Å². The van der Waals surface area contributed by atoms with Crippen LogP contribution in [-0.2, 0) is 13.6 Å². The number of aryl methyl sites for hydroxylation is 2. The Morgan fingerprint density at radius 1 is 1.14 bits per heavy atom. The fraction of sp³-hybridized carbons (Fsp3) is 0.227. The highest BCUT2D eigenvalue weighted by Crippen LogP contribution is 2.35. The summed E-state index contributed by atoms with van der Waals surface area (Å²) in [6.07, 6.45) is 1.48. The average molecular weight is 391 g/mol. The highest BCUT2D eigenvalue weighted by molar-refractivity contribution is 7.22. The third-order valence-electron chi connectivity index (χ3n) is 5.34. The standard InChI is InChI=1S/C22H21N3O2S/c1-13-10-17(15(3)24(13)4)18(26)11-25-12-23-21-19(22(25)27)14(2)20(28-21)16-8-6-5-7-9-16/h5-10,12H,11H2,1-4H3. The third-order valence-corrected chi connectivity index (χ3v) is 6.59. The van der Waals surface area contributed by atoms with Crippen LogP contribution in [0.1, 0.15) is 27.3 Å². The Bertz CT molecular complexity index is 1260. The lowest BCUT2D eigenvalue weighted by molar-refractivity contribution is 0.0970. The molecule has 3 aromatic heterocycles. The second-order valence-electron chi connectivity index (χ2n) is 7.05. The molecule has 0 amide bonds. The quantitative estimate of drug-likeness (QED) is 0.488. The SMILES string of the molecule is Cc1c(-c2ccccc2)sc2ncn(CC(=O)c3cc(C)n(C)c3C)c(=O)c12. The highest BCUT2D eigenvalue weighted by Gasteiger charge is 2.19. The Morgan fingerprint density at radius 2 is 1.86 bits per heavy atom. The molecule has 0 saturated heterocycles. The van der Waals surface area contributed by atoms with Crippen LogP contribution in [0.15, 0.2) is 47.5 Å². The van der Waals surface area contributed by atoms with Gasteiger partial charge < -0.3 is 4.57 Å². The number of hydrogen-bond acceptors (Lipinski definition) is 4. The van der Waals surface area contributed by atoms with Crippen LogP contribution in [0.5, 0.6) is 0 Å². The van der Waals surface area contributed by atoms with E-state index < -0.39 is 0 Å². The average Bonchev–Trinajstić information content (AvgIpc) is 3.16. The Morgan fingerprint density at radius 3 is 2.50 bits per heavy atom. The van der Waals surface area contributed by atoms with E-state index in [9.17, 15) is 9.59 Å². The van der Waals surface area contributed by atoms with Crippen LogP contribution in [-0.4, -0.2) is 19.9 Å². The molecule has 1 aromatic carbocycles. The normalized spacial score (nSPS) is 11.3. The minimum atomic E-state index is -0.167. The summed E-state index contributed by atoms with van der Waals surface area (Å²) in [6, 6.07) is 11.9. The van der Waals surface area contributed by atoms with Crippen LogP contribution in [0.25, 0.3) is 20.7 Å². The summed E-state index contributed by atoms with van der Waals surface area (Å²) in [5, 5.41) is 0.597. The molecule has 0 atom stereocenters. The number of thiophene rings is 1. The number of fused-ring (bicyclic) bond motifs is 1. The number of carbonyl (C=O) groups excluding carboxylic acids is 1. The predicted octanol–water partition coefficient (Wildman–Crippen LogP) is 4.27. The van der Waals surface area contributed by atoms with E-state index in [1.54, 1.807) is 0 Å². The van der Waals surface area contributed by atoms with E-state index in [0.717, 1.165) is 27.4 Å². The zero-order valence-corrected chi connectivity index (χ0v) is 17.1. The van der Waals surface area contributed by atoms with Gasteiger partial charge in [-0.1, -0.05) is 30.3 Å². The van der Waals surface area contributed by atoms with Crippen LogP contribution in [0.3, 0.4) is 0 Å². The molecule has 0 fully saturated rings. The van der Waals surface area contributed by atoms with E-state index >= 15 is 0 Å². The molecule has 0 radical (unpaired) electrons. The van der Waals surface area contributed by atoms with E-state index in [0.29, 0.717) is 15.8 Å². The van der Waals surface area contributed by atoms with Gasteiger partial charge in [-0.15, -0.1) is 11.3 Å². The van der Waals surface area contributed by atoms with E-state index in [-0.39, 0.29) is 17.9 Å². The van der Waals surface area contributed by atoms with E-state index in [4.69, 9.17) is 0 Å². The summed E-state index contributed by atoms with van der Waals surface area (Å²) < 4.78 is 3.40. The Hall–Kier alpha value is -2.99. The fourth-order valence-corrected chi connectivity index (χ4v) is 4.66. The maximum atomic E-state index is 13.1. The molecule has 0 saturated carbocycles. The van der Waals surface area contributed by atoms with Gasteiger partial charge in [0.1, 0.15) is 4.83 Å². The summed E-state index contributed by atoms with van der Waals surface area (Å²) in [7, 11) is 1.93. The molecule has 142 valence electrons. The summed E-state index contributed by atoms with van der Waals surface area (Å²) in [5.41, 5.74) is 4.39. The van der Waals surface area contributed by atoms with Gasteiger partial charge in [-0.2, -0.15) is 0 Å². The topological polar surface area (TPSA) is 56.9 Å². The first-order valence-corrected chi connectivity index (χ1v) is 9.90. The number of ketones is 1. The third kappa shape index (κ3) is 2.90. The molecule has 0 spiro atoms. The molecule has 0 aliphatic heterocycles. The minimum Gasteiger partial charge on any atom is -0.351 e. The molecule has 0 N–H and O–H groups in total. The highest BCUT2D eigenvalue weighted by atomic mass is 32.1. The number of carbonyl (C=O) groups is 1. The smallest absolute Gasteiger partial charge is 0.262 e. The molecule has 28 heavy (non-hydrogen) atoms. The molecule has 0 aliphatic carbocycles. The number of rotatable bonds is 4. The number of hydrogen-bond donors (Lipinski definition) is 0. The molecule has 4 rings (SSSR count). The van der Waals surface area contributed by atoms with Gasteiger partial charge in [-0.25, -0.2) is 4.98 Å². The van der Waals surface area contributed by atoms with Crippen molar-refractivity contribution in [3.8, 4) is 10.4 Å². The van der Waals surface area contributed by atoms with E-state index in [1.807, 2.05) is 68.8 Å². The van der Waals surface area contributed by atoms with Crippen LogP contribution >= 0.6 is 11.3 Å². The molecule has 0 aliphatic rings. The number of Topliss-reactive ketones (excluding diaryl/α,β-unsaturated/α-hetero) is 1. The largest absolute Gasteiger partial charge is 0.351 e. The van der Waals surface area contributed by atoms with Crippen molar-refractivity contribution in [3.05, 3.63) is 75.6 Å². The zero-order chi connectivity index (χ0) is 20.0. The first-order valence-electron chi connectivity index (χ1n) is 9.08. The first-order chi connectivity index (χ1) is 13.4. The van der Waals surface area contributed by atoms with Crippen molar-refractivity contribution >= 4 is 27.3 Å². The van der Waals surface area contributed by atoms with Gasteiger partial charge in [0.05, 0.1) is 18.3 Å². The number of benzene rings is 1. The van der Waals surface area contributed by atoms with Crippen LogP contribution in [0, 0.1) is 20.8 Å². The molecule has 5 nitrogen and oxygen atoms in total. The van der Waals surface area contributed by atoms with Gasteiger partial charge in [-0.3, -0.25) is 14.2 Å². The van der Waals surface area contributed by atoms with Crippen molar-refractivity contribution < 1.29 is 4.79 Å². The van der Waals surface area contributed by atoms with Gasteiger partial charge in [-0.05, 0) is 38.0 Å². The van der Waals surface area contributed by atoms with Gasteiger partial charge in [0.25, 0.3) is 5.56 Å². The fourth-order valence-electron chi connectivity index (χ4n) is 3.51. The Labute approximate surface area is 166 Å². The van der Waals surface area contributed by atoms with Crippen molar-refractivity contribution in [2.75, 3.05) is 0 Å². The van der Waals surface area contributed by atoms with Gasteiger partial charge >= 0.3 is 0 Å². The molecule has 4 aromatic rings. The van der Waals surface area contributed by atoms with Gasteiger partial charge in [0.15, 0.2) is 5.78 Å². The minimum absolute atomic E-state index is 0.0119. The van der Waals surface area contributed by atoms with E-state index in [1.165, 1.54) is 22.2 Å². The van der Waals surface area contributed by atoms with Gasteiger partial charge in [0.2, 0.25) is 0 Å². The Kier molecular flexibility index (Phi) is 4.51. The van der Waals surface area contributed by atoms with Gasteiger partial charge in [0, 0.05) is 28.9 Å². The van der Waals surface area contributed by atoms with Crippen LogP contribution < -0.4 is 5.56 Å². The van der Waals surface area contributed by atoms with Crippen molar-refractivity contribution in [3.63, 3.8) is 0 Å². The maximum Gasteiger partial charge on any atom is 0.262 e. The molecule has 0 unspecified atom stereocenters. The molecular weight excluding hydrogens is 370 g/mol. The van der Waals surface area contributed by atoms with Crippen molar-refractivity contribution in [2.45, 2.75) is 27.3 Å². The lowest BCUT2D eigenvalue weighted by Crippen LogP contribution is -2.24. The molecule has 6 heteroatoms. The monoisotopic (exact) mass is 391 g/mol.